The molecule has 0 spiro atoms. The molecular formula is C20H24N2O6. The van der Waals surface area contributed by atoms with Crippen molar-refractivity contribution in [2.45, 2.75) is 25.2 Å². The first-order valence-corrected chi connectivity index (χ1v) is 8.71. The number of rotatable bonds is 8. The number of anilines is 1. The van der Waals surface area contributed by atoms with Crippen molar-refractivity contribution >= 4 is 17.7 Å². The van der Waals surface area contributed by atoms with E-state index in [1.54, 1.807) is 0 Å². The zero-order chi connectivity index (χ0) is 20.5. The quantitative estimate of drug-likeness (QED) is 0.400. The minimum Gasteiger partial charge on any atom is -0.465 e. The molecule has 2 aromatic carbocycles. The summed E-state index contributed by atoms with van der Waals surface area (Å²) in [6.07, 6.45) is -3.10. The van der Waals surface area contributed by atoms with Gasteiger partial charge in [0.25, 0.3) is 0 Å². The van der Waals surface area contributed by atoms with Gasteiger partial charge in [-0.25, -0.2) is 9.59 Å². The molecule has 1 amide bonds. The lowest BCUT2D eigenvalue weighted by molar-refractivity contribution is 0.0140. The van der Waals surface area contributed by atoms with Crippen LogP contribution in [0.5, 0.6) is 0 Å². The van der Waals surface area contributed by atoms with Gasteiger partial charge in [-0.2, -0.15) is 0 Å². The van der Waals surface area contributed by atoms with E-state index in [4.69, 9.17) is 10.5 Å². The summed E-state index contributed by atoms with van der Waals surface area (Å²) >= 11 is 0. The number of amides is 1. The highest BCUT2D eigenvalue weighted by Crippen LogP contribution is 2.27. The number of hydrogen-bond donors (Lipinski definition) is 4. The molecule has 0 aromatic heterocycles. The zero-order valence-corrected chi connectivity index (χ0v) is 15.5. The second-order valence-corrected chi connectivity index (χ2v) is 6.09. The first-order valence-electron chi connectivity index (χ1n) is 8.71. The standard InChI is InChI=1S/C20H24N2O6/c1-27-19(25)15-9-5-8-14(17(15)21)18(24)16(23)10-11-22-20(26)28-12-13-6-3-2-4-7-13/h2-9,16,18,23-24H,10-12,21H2,1H3,(H,22,26). The van der Waals surface area contributed by atoms with E-state index in [0.717, 1.165) is 5.56 Å². The van der Waals surface area contributed by atoms with E-state index in [-0.39, 0.29) is 36.4 Å². The molecule has 0 heterocycles. The maximum Gasteiger partial charge on any atom is 0.407 e. The predicted octanol–water partition coefficient (Wildman–Crippen LogP) is 1.77. The summed E-state index contributed by atoms with van der Waals surface area (Å²) in [6, 6.07) is 13.7. The molecular weight excluding hydrogens is 364 g/mol. The Bertz CT molecular complexity index is 797. The van der Waals surface area contributed by atoms with Crippen molar-refractivity contribution in [2.24, 2.45) is 0 Å². The van der Waals surface area contributed by atoms with Crippen molar-refractivity contribution in [3.05, 3.63) is 65.2 Å². The van der Waals surface area contributed by atoms with Crippen LogP contribution in [0.1, 0.15) is 34.0 Å². The van der Waals surface area contributed by atoms with Crippen LogP contribution in [0.3, 0.4) is 0 Å². The molecule has 0 aliphatic heterocycles. The van der Waals surface area contributed by atoms with Gasteiger partial charge in [0.05, 0.1) is 24.5 Å². The second kappa shape index (κ2) is 10.3. The minimum atomic E-state index is -1.33. The molecule has 0 radical (unpaired) electrons. The number of nitrogen functional groups attached to an aromatic ring is 1. The van der Waals surface area contributed by atoms with E-state index in [1.807, 2.05) is 30.3 Å². The van der Waals surface area contributed by atoms with Crippen LogP contribution >= 0.6 is 0 Å². The normalized spacial score (nSPS) is 12.7. The van der Waals surface area contributed by atoms with Crippen LogP contribution in [0.15, 0.2) is 48.5 Å². The Labute approximate surface area is 162 Å². The molecule has 28 heavy (non-hydrogen) atoms. The molecule has 8 nitrogen and oxygen atoms in total. The number of aliphatic hydroxyl groups is 2. The molecule has 2 aromatic rings. The van der Waals surface area contributed by atoms with Crippen molar-refractivity contribution < 1.29 is 29.3 Å². The van der Waals surface area contributed by atoms with Gasteiger partial charge >= 0.3 is 12.1 Å². The minimum absolute atomic E-state index is 0.0381. The maximum atomic E-state index is 11.7. The number of benzene rings is 2. The van der Waals surface area contributed by atoms with Crippen molar-refractivity contribution in [1.29, 1.82) is 0 Å². The van der Waals surface area contributed by atoms with Crippen LogP contribution in [0.4, 0.5) is 10.5 Å². The molecule has 2 unspecified atom stereocenters. The lowest BCUT2D eigenvalue weighted by Crippen LogP contribution is -2.30. The van der Waals surface area contributed by atoms with Gasteiger partial charge in [0.15, 0.2) is 0 Å². The van der Waals surface area contributed by atoms with Crippen molar-refractivity contribution in [2.75, 3.05) is 19.4 Å². The number of esters is 1. The smallest absolute Gasteiger partial charge is 0.407 e. The topological polar surface area (TPSA) is 131 Å². The van der Waals surface area contributed by atoms with Gasteiger partial charge in [-0.05, 0) is 18.1 Å². The van der Waals surface area contributed by atoms with E-state index < -0.39 is 24.3 Å². The SMILES string of the molecule is COC(=O)c1cccc(C(O)C(O)CCNC(=O)OCc2ccccc2)c1N. The van der Waals surface area contributed by atoms with Gasteiger partial charge in [-0.15, -0.1) is 0 Å². The average molecular weight is 388 g/mol. The highest BCUT2D eigenvalue weighted by molar-refractivity contribution is 5.95. The number of hydrogen-bond acceptors (Lipinski definition) is 7. The van der Waals surface area contributed by atoms with Crippen molar-refractivity contribution in [3.63, 3.8) is 0 Å². The molecule has 0 saturated carbocycles. The molecule has 0 aliphatic rings. The Kier molecular flexibility index (Phi) is 7.79. The Balaban J connectivity index is 1.83. The van der Waals surface area contributed by atoms with Crippen LogP contribution in [0.2, 0.25) is 0 Å². The predicted molar refractivity (Wildman–Crippen MR) is 102 cm³/mol. The van der Waals surface area contributed by atoms with E-state index in [1.165, 1.54) is 25.3 Å². The number of nitrogens with two attached hydrogens (primary N) is 1. The fourth-order valence-electron chi connectivity index (χ4n) is 2.59. The number of nitrogens with one attached hydrogen (secondary N) is 1. The first kappa shape index (κ1) is 21.2. The number of methoxy groups -OCH3 is 1. The van der Waals surface area contributed by atoms with E-state index >= 15 is 0 Å². The second-order valence-electron chi connectivity index (χ2n) is 6.09. The van der Waals surface area contributed by atoms with Crippen LogP contribution in [0, 0.1) is 0 Å². The lowest BCUT2D eigenvalue weighted by Gasteiger charge is -2.20. The van der Waals surface area contributed by atoms with Gasteiger partial charge < -0.3 is 30.7 Å². The van der Waals surface area contributed by atoms with E-state index in [9.17, 15) is 19.8 Å². The highest BCUT2D eigenvalue weighted by Gasteiger charge is 2.23. The number of aliphatic hydroxyl groups excluding tert-OH is 2. The molecule has 8 heteroatoms. The number of ether oxygens (including phenoxy) is 2. The third kappa shape index (κ3) is 5.70. The summed E-state index contributed by atoms with van der Waals surface area (Å²) in [5.41, 5.74) is 7.12. The number of carbonyl (C=O) groups is 2. The van der Waals surface area contributed by atoms with Gasteiger partial charge in [-0.1, -0.05) is 42.5 Å². The largest absolute Gasteiger partial charge is 0.465 e. The van der Waals surface area contributed by atoms with Crippen LogP contribution < -0.4 is 11.1 Å². The van der Waals surface area contributed by atoms with Crippen LogP contribution in [-0.4, -0.2) is 42.0 Å². The Hall–Kier alpha value is -3.10. The van der Waals surface area contributed by atoms with Crippen molar-refractivity contribution in [3.8, 4) is 0 Å². The molecule has 5 N–H and O–H groups in total. The Morgan fingerprint density at radius 2 is 1.82 bits per heavy atom. The lowest BCUT2D eigenvalue weighted by atomic mass is 9.97. The van der Waals surface area contributed by atoms with E-state index in [0.29, 0.717) is 0 Å². The molecule has 2 rings (SSSR count). The first-order chi connectivity index (χ1) is 13.4. The Morgan fingerprint density at radius 1 is 1.11 bits per heavy atom. The summed E-state index contributed by atoms with van der Waals surface area (Å²) in [6.45, 7) is 0.219. The summed E-state index contributed by atoms with van der Waals surface area (Å²) in [7, 11) is 1.22. The Morgan fingerprint density at radius 3 is 2.50 bits per heavy atom. The van der Waals surface area contributed by atoms with Crippen LogP contribution in [0.25, 0.3) is 0 Å². The van der Waals surface area contributed by atoms with Crippen LogP contribution in [-0.2, 0) is 16.1 Å². The summed E-state index contributed by atoms with van der Waals surface area (Å²) in [5, 5.41) is 23.0. The summed E-state index contributed by atoms with van der Waals surface area (Å²) in [4.78, 5) is 23.4. The fourth-order valence-corrected chi connectivity index (χ4v) is 2.59. The fraction of sp³-hybridized carbons (Fsp3) is 0.300. The third-order valence-electron chi connectivity index (χ3n) is 4.15. The van der Waals surface area contributed by atoms with Crippen molar-refractivity contribution in [1.82, 2.24) is 5.32 Å². The van der Waals surface area contributed by atoms with E-state index in [2.05, 4.69) is 10.1 Å². The van der Waals surface area contributed by atoms with Gasteiger partial charge in [-0.3, -0.25) is 0 Å². The van der Waals surface area contributed by atoms with Gasteiger partial charge in [0, 0.05) is 12.1 Å². The monoisotopic (exact) mass is 388 g/mol. The summed E-state index contributed by atoms with van der Waals surface area (Å²) < 4.78 is 9.70. The molecule has 2 atom stereocenters. The number of carbonyl (C=O) groups excluding carboxylic acids is 2. The molecule has 0 aliphatic carbocycles. The molecule has 0 bridgehead atoms. The maximum absolute atomic E-state index is 11.7. The number of alkyl carbamates (subject to hydrolysis) is 1. The average Bonchev–Trinajstić information content (AvgIpc) is 2.72. The van der Waals surface area contributed by atoms with Gasteiger partial charge in [0.2, 0.25) is 0 Å². The number of para-hydroxylation sites is 1. The zero-order valence-electron chi connectivity index (χ0n) is 15.5. The molecule has 150 valence electrons. The molecule has 0 fully saturated rings. The highest BCUT2D eigenvalue weighted by atomic mass is 16.5. The summed E-state index contributed by atoms with van der Waals surface area (Å²) in [5.74, 6) is -0.635. The molecule has 0 saturated heterocycles. The third-order valence-corrected chi connectivity index (χ3v) is 4.15. The van der Waals surface area contributed by atoms with Gasteiger partial charge in [0.1, 0.15) is 12.7 Å².